The van der Waals surface area contributed by atoms with Crippen molar-refractivity contribution in [3.63, 3.8) is 0 Å². The van der Waals surface area contributed by atoms with Crippen molar-refractivity contribution in [1.82, 2.24) is 19.5 Å². The van der Waals surface area contributed by atoms with Crippen LogP contribution in [-0.4, -0.2) is 40.3 Å². The minimum Gasteiger partial charge on any atom is -0.493 e. The van der Waals surface area contributed by atoms with Crippen molar-refractivity contribution >= 4 is 49.6 Å². The number of anilines is 1. The van der Waals surface area contributed by atoms with Gasteiger partial charge in [-0.25, -0.2) is 18.5 Å². The predicted molar refractivity (Wildman–Crippen MR) is 109 cm³/mol. The molecule has 0 fully saturated rings. The standard InChI is InChI=1S/C16H16FIN6O3S/c17-16-22-14(19)13-15(23-16)24(2-4-28(20,25)26)12(21-13)7-9-6-11-8(1-3-27-11)5-10(9)18/h5-6H,1-4,7H2,(H2,19,22,23)(H2,20,25,26). The van der Waals surface area contributed by atoms with Crippen LogP contribution >= 0.6 is 22.6 Å². The van der Waals surface area contributed by atoms with Crippen molar-refractivity contribution in [3.05, 3.63) is 38.7 Å². The number of aryl methyl sites for hydroxylation is 1. The van der Waals surface area contributed by atoms with E-state index in [1.54, 1.807) is 0 Å². The SMILES string of the molecule is Nc1nc(F)nc2c1nc(Cc1cc3c(cc1I)CCO3)n2CCS(N)(=O)=O. The number of hydrogen-bond acceptors (Lipinski definition) is 7. The van der Waals surface area contributed by atoms with Crippen molar-refractivity contribution in [2.45, 2.75) is 19.4 Å². The first-order valence-electron chi connectivity index (χ1n) is 8.34. The lowest BCUT2D eigenvalue weighted by Crippen LogP contribution is -2.21. The average molecular weight is 518 g/mol. The number of nitrogens with zero attached hydrogens (tertiary/aromatic N) is 4. The zero-order valence-electron chi connectivity index (χ0n) is 14.5. The first-order chi connectivity index (χ1) is 13.2. The molecule has 4 N–H and O–H groups in total. The van der Waals surface area contributed by atoms with Crippen LogP contribution in [0.5, 0.6) is 5.75 Å². The largest absolute Gasteiger partial charge is 0.493 e. The van der Waals surface area contributed by atoms with E-state index in [0.717, 1.165) is 26.9 Å². The van der Waals surface area contributed by atoms with E-state index in [1.807, 2.05) is 6.07 Å². The van der Waals surface area contributed by atoms with Crippen LogP contribution in [0.3, 0.4) is 0 Å². The normalized spacial score (nSPS) is 13.7. The van der Waals surface area contributed by atoms with Gasteiger partial charge < -0.3 is 15.0 Å². The van der Waals surface area contributed by atoms with E-state index in [9.17, 15) is 12.8 Å². The van der Waals surface area contributed by atoms with Crippen LogP contribution in [0.2, 0.25) is 0 Å². The predicted octanol–water partition coefficient (Wildman–Crippen LogP) is 0.966. The number of benzene rings is 1. The van der Waals surface area contributed by atoms with Crippen LogP contribution in [0.1, 0.15) is 17.0 Å². The second-order valence-electron chi connectivity index (χ2n) is 6.42. The summed E-state index contributed by atoms with van der Waals surface area (Å²) in [6.45, 7) is 0.617. The van der Waals surface area contributed by atoms with E-state index in [1.165, 1.54) is 4.57 Å². The average Bonchev–Trinajstić information content (AvgIpc) is 3.17. The van der Waals surface area contributed by atoms with Gasteiger partial charge in [0.15, 0.2) is 17.0 Å². The molecule has 0 spiro atoms. The number of nitrogen functional groups attached to an aromatic ring is 1. The number of primary sulfonamides is 1. The fraction of sp³-hybridized carbons (Fsp3) is 0.312. The number of imidazole rings is 1. The smallest absolute Gasteiger partial charge is 0.312 e. The molecular weight excluding hydrogens is 502 g/mol. The lowest BCUT2D eigenvalue weighted by molar-refractivity contribution is 0.356. The van der Waals surface area contributed by atoms with Crippen LogP contribution < -0.4 is 15.6 Å². The van der Waals surface area contributed by atoms with Crippen molar-refractivity contribution in [1.29, 1.82) is 0 Å². The summed E-state index contributed by atoms with van der Waals surface area (Å²) in [7, 11) is -3.73. The topological polar surface area (TPSA) is 139 Å². The van der Waals surface area contributed by atoms with Gasteiger partial charge in [-0.05, 0) is 45.9 Å². The summed E-state index contributed by atoms with van der Waals surface area (Å²) in [5.41, 5.74) is 8.23. The molecule has 0 amide bonds. The van der Waals surface area contributed by atoms with E-state index >= 15 is 0 Å². The van der Waals surface area contributed by atoms with Gasteiger partial charge in [-0.2, -0.15) is 14.4 Å². The van der Waals surface area contributed by atoms with Crippen molar-refractivity contribution < 1.29 is 17.5 Å². The number of rotatable bonds is 5. The molecule has 0 unspecified atom stereocenters. The van der Waals surface area contributed by atoms with E-state index in [2.05, 4.69) is 43.6 Å². The molecule has 4 rings (SSSR count). The maximum absolute atomic E-state index is 13.7. The minimum atomic E-state index is -3.73. The first-order valence-corrected chi connectivity index (χ1v) is 11.1. The van der Waals surface area contributed by atoms with E-state index in [0.29, 0.717) is 18.9 Å². The van der Waals surface area contributed by atoms with Crippen molar-refractivity contribution in [2.75, 3.05) is 18.1 Å². The maximum Gasteiger partial charge on any atom is 0.312 e. The van der Waals surface area contributed by atoms with Gasteiger partial charge >= 0.3 is 6.08 Å². The summed E-state index contributed by atoms with van der Waals surface area (Å²) in [5, 5.41) is 5.13. The fourth-order valence-corrected chi connectivity index (χ4v) is 4.33. The minimum absolute atomic E-state index is 0.0292. The summed E-state index contributed by atoms with van der Waals surface area (Å²) in [4.78, 5) is 11.7. The quantitative estimate of drug-likeness (QED) is 0.379. The third-order valence-electron chi connectivity index (χ3n) is 4.48. The second kappa shape index (κ2) is 7.08. The van der Waals surface area contributed by atoms with Crippen LogP contribution in [0.15, 0.2) is 12.1 Å². The third kappa shape index (κ3) is 3.75. The highest BCUT2D eigenvalue weighted by Crippen LogP contribution is 2.31. The molecule has 3 heterocycles. The van der Waals surface area contributed by atoms with E-state index in [4.69, 9.17) is 15.6 Å². The van der Waals surface area contributed by atoms with Crippen LogP contribution in [0.4, 0.5) is 10.2 Å². The summed E-state index contributed by atoms with van der Waals surface area (Å²) < 4.78 is 44.8. The van der Waals surface area contributed by atoms with Gasteiger partial charge in [0.1, 0.15) is 11.6 Å². The van der Waals surface area contributed by atoms with Gasteiger partial charge in [-0.3, -0.25) is 0 Å². The third-order valence-corrected chi connectivity index (χ3v) is 6.24. The molecule has 28 heavy (non-hydrogen) atoms. The molecule has 148 valence electrons. The Bertz CT molecular complexity index is 1200. The molecule has 0 bridgehead atoms. The highest BCUT2D eigenvalue weighted by atomic mass is 127. The zero-order chi connectivity index (χ0) is 20.1. The summed E-state index contributed by atoms with van der Waals surface area (Å²) in [5.74, 6) is 0.862. The molecule has 2 aromatic heterocycles. The Morgan fingerprint density at radius 1 is 1.29 bits per heavy atom. The highest BCUT2D eigenvalue weighted by molar-refractivity contribution is 14.1. The first kappa shape index (κ1) is 19.3. The Balaban J connectivity index is 1.80. The molecule has 0 atom stereocenters. The summed E-state index contributed by atoms with van der Waals surface area (Å²) in [6, 6.07) is 4.01. The Morgan fingerprint density at radius 3 is 2.82 bits per heavy atom. The molecule has 12 heteroatoms. The molecule has 3 aromatic rings. The van der Waals surface area contributed by atoms with Gasteiger partial charge in [0.05, 0.1) is 12.4 Å². The molecule has 1 aromatic carbocycles. The van der Waals surface area contributed by atoms with Gasteiger partial charge in [-0.1, -0.05) is 0 Å². The van der Waals surface area contributed by atoms with Gasteiger partial charge in [0, 0.05) is 23.0 Å². The molecule has 9 nitrogen and oxygen atoms in total. The Labute approximate surface area is 173 Å². The van der Waals surface area contributed by atoms with Gasteiger partial charge in [0.25, 0.3) is 0 Å². The van der Waals surface area contributed by atoms with Crippen molar-refractivity contribution in [2.24, 2.45) is 5.14 Å². The van der Waals surface area contributed by atoms with Gasteiger partial charge in [0.2, 0.25) is 10.0 Å². The second-order valence-corrected chi connectivity index (χ2v) is 9.32. The van der Waals surface area contributed by atoms with Crippen LogP contribution in [-0.2, 0) is 29.4 Å². The molecule has 0 saturated carbocycles. The fourth-order valence-electron chi connectivity index (χ4n) is 3.17. The van der Waals surface area contributed by atoms with Crippen molar-refractivity contribution in [3.8, 4) is 5.75 Å². The number of sulfonamides is 1. The number of nitrogens with two attached hydrogens (primary N) is 2. The number of aromatic nitrogens is 4. The van der Waals surface area contributed by atoms with E-state index in [-0.39, 0.29) is 29.3 Å². The monoisotopic (exact) mass is 518 g/mol. The number of halogens is 2. The molecule has 1 aliphatic heterocycles. The maximum atomic E-state index is 13.7. The molecule has 0 radical (unpaired) electrons. The zero-order valence-corrected chi connectivity index (χ0v) is 17.5. The Hall–Kier alpha value is -2.06. The van der Waals surface area contributed by atoms with Crippen LogP contribution in [0, 0.1) is 9.65 Å². The Kier molecular flexibility index (Phi) is 4.87. The molecule has 1 aliphatic rings. The number of ether oxygens (including phenoxy) is 1. The Morgan fingerprint density at radius 2 is 2.07 bits per heavy atom. The number of hydrogen-bond donors (Lipinski definition) is 2. The molecule has 0 aliphatic carbocycles. The molecular formula is C16H16FIN6O3S. The number of fused-ring (bicyclic) bond motifs is 2. The lowest BCUT2D eigenvalue weighted by Gasteiger charge is -2.10. The molecule has 0 saturated heterocycles. The summed E-state index contributed by atoms with van der Waals surface area (Å²) in [6.07, 6.45) is 0.217. The lowest BCUT2D eigenvalue weighted by atomic mass is 10.1. The highest BCUT2D eigenvalue weighted by Gasteiger charge is 2.21. The van der Waals surface area contributed by atoms with Gasteiger partial charge in [-0.15, -0.1) is 0 Å². The van der Waals surface area contributed by atoms with E-state index < -0.39 is 16.1 Å². The summed E-state index contributed by atoms with van der Waals surface area (Å²) >= 11 is 2.24. The van der Waals surface area contributed by atoms with Crippen LogP contribution in [0.25, 0.3) is 11.2 Å².